The molecule has 0 radical (unpaired) electrons. The molecule has 2 rings (SSSR count). The van der Waals surface area contributed by atoms with Crippen molar-refractivity contribution >= 4 is 57.7 Å². The standard InChI is InChI=1S/C15H18BBr2FO2S/c1-14(2)15(3,4)21-16(20-14)9(8-22)5-11-12(17)6-10(19)7-13(11)18/h5-7,22H,8H2,1-4H3. The van der Waals surface area contributed by atoms with E-state index in [1.165, 1.54) is 12.1 Å². The van der Waals surface area contributed by atoms with Crippen molar-refractivity contribution in [3.05, 3.63) is 37.9 Å². The van der Waals surface area contributed by atoms with Crippen LogP contribution in [-0.2, 0) is 9.31 Å². The smallest absolute Gasteiger partial charge is 0.400 e. The van der Waals surface area contributed by atoms with Gasteiger partial charge in [0.1, 0.15) is 5.82 Å². The van der Waals surface area contributed by atoms with Gasteiger partial charge in [0.05, 0.1) is 11.2 Å². The first-order chi connectivity index (χ1) is 10.1. The Hall–Kier alpha value is 0.185. The Bertz CT molecular complexity index is 581. The molecule has 7 heteroatoms. The van der Waals surface area contributed by atoms with E-state index in [0.717, 1.165) is 11.0 Å². The van der Waals surface area contributed by atoms with Gasteiger partial charge in [-0.1, -0.05) is 37.9 Å². The molecule has 0 amide bonds. The van der Waals surface area contributed by atoms with Gasteiger partial charge in [-0.3, -0.25) is 0 Å². The highest BCUT2D eigenvalue weighted by Gasteiger charge is 2.52. The molecule has 0 N–H and O–H groups in total. The minimum absolute atomic E-state index is 0.307. The van der Waals surface area contributed by atoms with Crippen LogP contribution >= 0.6 is 44.5 Å². The van der Waals surface area contributed by atoms with E-state index in [4.69, 9.17) is 9.31 Å². The number of benzene rings is 1. The van der Waals surface area contributed by atoms with Crippen LogP contribution in [0.2, 0.25) is 0 Å². The maximum absolute atomic E-state index is 13.4. The fraction of sp³-hybridized carbons (Fsp3) is 0.467. The number of hydrogen-bond acceptors (Lipinski definition) is 3. The molecule has 1 aromatic carbocycles. The molecular formula is C15H18BBr2FO2S. The lowest BCUT2D eigenvalue weighted by molar-refractivity contribution is 0.00578. The Kier molecular flexibility index (Phi) is 5.55. The zero-order valence-corrected chi connectivity index (χ0v) is 17.0. The molecule has 0 aromatic heterocycles. The third kappa shape index (κ3) is 3.64. The van der Waals surface area contributed by atoms with E-state index in [1.807, 2.05) is 33.8 Å². The van der Waals surface area contributed by atoms with Crippen LogP contribution in [0.5, 0.6) is 0 Å². The molecule has 0 unspecified atom stereocenters. The van der Waals surface area contributed by atoms with E-state index < -0.39 is 18.3 Å². The number of halogens is 3. The van der Waals surface area contributed by atoms with Crippen LogP contribution in [0.25, 0.3) is 6.08 Å². The van der Waals surface area contributed by atoms with Crippen molar-refractivity contribution < 1.29 is 13.7 Å². The zero-order chi connectivity index (χ0) is 16.7. The van der Waals surface area contributed by atoms with E-state index in [0.29, 0.717) is 14.7 Å². The fourth-order valence-corrected chi connectivity index (χ4v) is 3.66. The van der Waals surface area contributed by atoms with Gasteiger partial charge < -0.3 is 9.31 Å². The highest BCUT2D eigenvalue weighted by Crippen LogP contribution is 2.39. The highest BCUT2D eigenvalue weighted by atomic mass is 79.9. The molecule has 1 aliphatic heterocycles. The second kappa shape index (κ2) is 6.59. The summed E-state index contributed by atoms with van der Waals surface area (Å²) in [6.07, 6.45) is 1.92. The van der Waals surface area contributed by atoms with Gasteiger partial charge in [-0.25, -0.2) is 4.39 Å². The second-order valence-corrected chi connectivity index (χ2v) is 8.27. The number of rotatable bonds is 3. The summed E-state index contributed by atoms with van der Waals surface area (Å²) >= 11 is 11.2. The molecular weight excluding hydrogens is 434 g/mol. The van der Waals surface area contributed by atoms with E-state index in [9.17, 15) is 4.39 Å². The molecule has 1 aliphatic rings. The van der Waals surface area contributed by atoms with Crippen molar-refractivity contribution in [2.75, 3.05) is 5.75 Å². The third-order valence-electron chi connectivity index (χ3n) is 4.11. The van der Waals surface area contributed by atoms with E-state index in [-0.39, 0.29) is 5.82 Å². The molecule has 1 saturated heterocycles. The van der Waals surface area contributed by atoms with Gasteiger partial charge in [-0.15, -0.1) is 0 Å². The largest absolute Gasteiger partial charge is 0.491 e. The lowest BCUT2D eigenvalue weighted by Crippen LogP contribution is -2.41. The van der Waals surface area contributed by atoms with Crippen molar-refractivity contribution in [2.45, 2.75) is 38.9 Å². The van der Waals surface area contributed by atoms with Crippen LogP contribution in [0.3, 0.4) is 0 Å². The van der Waals surface area contributed by atoms with Gasteiger partial charge in [0, 0.05) is 20.3 Å². The van der Waals surface area contributed by atoms with Crippen LogP contribution < -0.4 is 0 Å². The minimum Gasteiger partial charge on any atom is -0.400 e. The summed E-state index contributed by atoms with van der Waals surface area (Å²) < 4.78 is 26.8. The van der Waals surface area contributed by atoms with Crippen molar-refractivity contribution in [1.29, 1.82) is 0 Å². The molecule has 22 heavy (non-hydrogen) atoms. The molecule has 0 spiro atoms. The number of hydrogen-bond donors (Lipinski definition) is 1. The lowest BCUT2D eigenvalue weighted by atomic mass is 9.78. The fourth-order valence-electron chi connectivity index (χ4n) is 2.06. The van der Waals surface area contributed by atoms with Gasteiger partial charge in [0.2, 0.25) is 0 Å². The van der Waals surface area contributed by atoms with Gasteiger partial charge in [0.25, 0.3) is 0 Å². The van der Waals surface area contributed by atoms with Gasteiger partial charge >= 0.3 is 7.12 Å². The predicted octanol–water partition coefficient (Wildman–Crippen LogP) is 5.30. The van der Waals surface area contributed by atoms with Gasteiger partial charge in [-0.2, -0.15) is 12.6 Å². The summed E-state index contributed by atoms with van der Waals surface area (Å²) in [5.74, 6) is 0.173. The minimum atomic E-state index is -0.466. The van der Waals surface area contributed by atoms with Gasteiger partial charge in [0.15, 0.2) is 0 Å². The van der Waals surface area contributed by atoms with Crippen LogP contribution in [-0.4, -0.2) is 24.1 Å². The number of thiol groups is 1. The summed E-state index contributed by atoms with van der Waals surface area (Å²) in [6.45, 7) is 8.03. The molecule has 1 aromatic rings. The Morgan fingerprint density at radius 2 is 1.64 bits per heavy atom. The van der Waals surface area contributed by atoms with E-state index >= 15 is 0 Å². The molecule has 0 atom stereocenters. The monoisotopic (exact) mass is 450 g/mol. The van der Waals surface area contributed by atoms with Crippen LogP contribution in [0.4, 0.5) is 4.39 Å². The van der Waals surface area contributed by atoms with Crippen molar-refractivity contribution in [2.24, 2.45) is 0 Å². The summed E-state index contributed by atoms with van der Waals surface area (Å²) in [5, 5.41) is 0. The SMILES string of the molecule is CC1(C)OB(C(=Cc2c(Br)cc(F)cc2Br)CS)OC1(C)C. The molecule has 120 valence electrons. The Morgan fingerprint density at radius 3 is 2.05 bits per heavy atom. The molecule has 0 saturated carbocycles. The maximum atomic E-state index is 13.4. The Balaban J connectivity index is 2.38. The predicted molar refractivity (Wildman–Crippen MR) is 99.7 cm³/mol. The van der Waals surface area contributed by atoms with Crippen molar-refractivity contribution in [3.8, 4) is 0 Å². The lowest BCUT2D eigenvalue weighted by Gasteiger charge is -2.32. The summed E-state index contributed by atoms with van der Waals surface area (Å²) in [6, 6.07) is 2.86. The average Bonchev–Trinajstić information content (AvgIpc) is 2.57. The Morgan fingerprint density at radius 1 is 1.18 bits per heavy atom. The molecule has 0 aliphatic carbocycles. The molecule has 0 bridgehead atoms. The van der Waals surface area contributed by atoms with Crippen LogP contribution in [0, 0.1) is 5.82 Å². The van der Waals surface area contributed by atoms with E-state index in [2.05, 4.69) is 44.5 Å². The first-order valence-electron chi connectivity index (χ1n) is 6.89. The highest BCUT2D eigenvalue weighted by molar-refractivity contribution is 9.11. The quantitative estimate of drug-likeness (QED) is 0.497. The van der Waals surface area contributed by atoms with Crippen molar-refractivity contribution in [3.63, 3.8) is 0 Å². The topological polar surface area (TPSA) is 18.5 Å². The maximum Gasteiger partial charge on any atom is 0.491 e. The second-order valence-electron chi connectivity index (χ2n) is 6.25. The third-order valence-corrected chi connectivity index (χ3v) is 5.79. The molecule has 2 nitrogen and oxygen atoms in total. The Labute approximate surface area is 153 Å². The van der Waals surface area contributed by atoms with Crippen LogP contribution in [0.15, 0.2) is 26.6 Å². The first kappa shape index (κ1) is 18.5. The van der Waals surface area contributed by atoms with E-state index in [1.54, 1.807) is 0 Å². The zero-order valence-electron chi connectivity index (χ0n) is 12.9. The van der Waals surface area contributed by atoms with Crippen LogP contribution in [0.1, 0.15) is 33.3 Å². The molecule has 1 fully saturated rings. The summed E-state index contributed by atoms with van der Waals surface area (Å²) in [5.41, 5.74) is 0.906. The summed E-state index contributed by atoms with van der Waals surface area (Å²) in [4.78, 5) is 0. The van der Waals surface area contributed by atoms with Crippen molar-refractivity contribution in [1.82, 2.24) is 0 Å². The summed E-state index contributed by atoms with van der Waals surface area (Å²) in [7, 11) is -0.466. The average molecular weight is 452 g/mol. The first-order valence-corrected chi connectivity index (χ1v) is 9.11. The molecule has 1 heterocycles. The normalized spacial score (nSPS) is 20.5. The van der Waals surface area contributed by atoms with Gasteiger partial charge in [-0.05, 0) is 45.3 Å².